The molecule has 74 heavy (non-hydrogen) atoms. The molecule has 3 saturated heterocycles. The van der Waals surface area contributed by atoms with Crippen molar-refractivity contribution in [1.29, 1.82) is 0 Å². The van der Waals surface area contributed by atoms with E-state index in [1.54, 1.807) is 41.1 Å². The number of piperidine rings is 2. The van der Waals surface area contributed by atoms with Gasteiger partial charge in [-0.2, -0.15) is 0 Å². The number of nitrogens with zero attached hydrogens (tertiary/aromatic N) is 2. The number of carbonyl (C=O) groups is 5. The van der Waals surface area contributed by atoms with Gasteiger partial charge in [-0.3, -0.25) is 19.2 Å². The first-order valence-corrected chi connectivity index (χ1v) is 28.0. The standard InChI is InChI=1S/C59H94N2O13/c1-37-17-13-12-14-18-38(2)50(69-9)35-46-22-20-43(7)59(68,74-46)56(65)57(66)61-27-16-15-19-47(61)58(67)73-51(36-48(62)39(3)32-42(6)54(64)55(71-11)53(63)41(5)31-37)40(4)33-45-21-23-49(52(34-45)70-10)72-30-26-44-24-28-60(8)29-25-44/h12-14,17-18,32,37,39-41,43-47,49-52,54-55,64,68H,15-16,19-31,33-36H2,1-11H3/b14-12+,17-13+,38-18+,42-32+/t37-,39-,40+,41-,43-,45+,46+,47+,49-,50+,51+,52-,54-,55+,59-/m1/s1. The molecule has 4 heterocycles. The molecule has 1 saturated carbocycles. The Balaban J connectivity index is 1.41. The highest BCUT2D eigenvalue weighted by molar-refractivity contribution is 6.39. The molecule has 5 rings (SSSR count). The number of cyclic esters (lactones) is 1. The zero-order valence-electron chi connectivity index (χ0n) is 46.8. The van der Waals surface area contributed by atoms with Crippen LogP contribution in [0, 0.1) is 41.4 Å². The number of carbonyl (C=O) groups excluding carboxylic acids is 5. The monoisotopic (exact) mass is 1040 g/mol. The van der Waals surface area contributed by atoms with E-state index in [1.165, 1.54) is 24.9 Å². The van der Waals surface area contributed by atoms with Gasteiger partial charge in [0.15, 0.2) is 5.78 Å². The van der Waals surface area contributed by atoms with Gasteiger partial charge >= 0.3 is 5.97 Å². The number of methoxy groups -OCH3 is 3. The van der Waals surface area contributed by atoms with Crippen LogP contribution in [-0.2, 0) is 52.4 Å². The van der Waals surface area contributed by atoms with Gasteiger partial charge < -0.3 is 48.4 Å². The maximum Gasteiger partial charge on any atom is 0.329 e. The Morgan fingerprint density at radius 3 is 2.22 bits per heavy atom. The van der Waals surface area contributed by atoms with E-state index in [2.05, 4.69) is 11.9 Å². The van der Waals surface area contributed by atoms with Crippen LogP contribution in [0.4, 0.5) is 0 Å². The Bertz CT molecular complexity index is 1980. The number of esters is 1. The molecule has 15 heteroatoms. The minimum Gasteiger partial charge on any atom is -0.460 e. The lowest BCUT2D eigenvalue weighted by atomic mass is 9.78. The van der Waals surface area contributed by atoms with Gasteiger partial charge in [0.1, 0.15) is 30.1 Å². The first kappa shape index (κ1) is 61.4. The summed E-state index contributed by atoms with van der Waals surface area (Å²) >= 11 is 0. The number of aliphatic hydroxyl groups excluding tert-OH is 1. The molecule has 0 aromatic rings. The van der Waals surface area contributed by atoms with Gasteiger partial charge in [0.2, 0.25) is 5.79 Å². The average molecular weight is 1040 g/mol. The molecular weight excluding hydrogens is 945 g/mol. The average Bonchev–Trinajstić information content (AvgIpc) is 3.38. The summed E-state index contributed by atoms with van der Waals surface area (Å²) < 4.78 is 36.6. The summed E-state index contributed by atoms with van der Waals surface area (Å²) in [5.41, 5.74) is 1.29. The summed E-state index contributed by atoms with van der Waals surface area (Å²) in [6, 6.07) is -1.13. The molecule has 5 aliphatic rings. The first-order chi connectivity index (χ1) is 35.2. The number of Topliss-reactive ketones (excluding diaryl/α,β-unsaturated/α-hetero) is 3. The van der Waals surface area contributed by atoms with E-state index in [0.717, 1.165) is 44.3 Å². The summed E-state index contributed by atoms with van der Waals surface area (Å²) in [5.74, 6) is -7.05. The number of likely N-dealkylation sites (tertiary alicyclic amines) is 1. The van der Waals surface area contributed by atoms with Crippen LogP contribution >= 0.6 is 0 Å². The number of fused-ring (bicyclic) bond motifs is 3. The van der Waals surface area contributed by atoms with Crippen molar-refractivity contribution in [3.63, 3.8) is 0 Å². The third kappa shape index (κ3) is 16.8. The van der Waals surface area contributed by atoms with E-state index in [0.29, 0.717) is 63.0 Å². The second-order valence-corrected chi connectivity index (χ2v) is 23.0. The highest BCUT2D eigenvalue weighted by Gasteiger charge is 2.53. The van der Waals surface area contributed by atoms with Crippen LogP contribution in [0.1, 0.15) is 145 Å². The fourth-order valence-electron chi connectivity index (χ4n) is 12.0. The summed E-state index contributed by atoms with van der Waals surface area (Å²) in [6.45, 7) is 15.9. The zero-order chi connectivity index (χ0) is 54.3. The number of ketones is 3. The van der Waals surface area contributed by atoms with Crippen molar-refractivity contribution in [3.8, 4) is 0 Å². The fourth-order valence-corrected chi connectivity index (χ4v) is 12.0. The van der Waals surface area contributed by atoms with Gasteiger partial charge in [-0.05, 0) is 152 Å². The zero-order valence-corrected chi connectivity index (χ0v) is 46.8. The molecular formula is C59H94N2O13. The van der Waals surface area contributed by atoms with Crippen molar-refractivity contribution in [3.05, 3.63) is 47.6 Å². The predicted molar refractivity (Wildman–Crippen MR) is 284 cm³/mol. The molecule has 2 bridgehead atoms. The Kier molecular flexibility index (Phi) is 24.4. The molecule has 0 unspecified atom stereocenters. The molecule has 0 aromatic carbocycles. The van der Waals surface area contributed by atoms with Crippen molar-refractivity contribution in [2.45, 2.75) is 199 Å². The van der Waals surface area contributed by atoms with Crippen LogP contribution in [-0.4, -0.2) is 158 Å². The molecule has 418 valence electrons. The number of hydrogen-bond donors (Lipinski definition) is 2. The number of rotatable bonds is 10. The fraction of sp³-hybridized carbons (Fsp3) is 0.780. The maximum absolute atomic E-state index is 14.6. The number of aliphatic hydroxyl groups is 2. The Labute approximate surface area is 443 Å². The Morgan fingerprint density at radius 1 is 0.797 bits per heavy atom. The smallest absolute Gasteiger partial charge is 0.329 e. The van der Waals surface area contributed by atoms with E-state index < -0.39 is 77.8 Å². The van der Waals surface area contributed by atoms with E-state index >= 15 is 0 Å². The maximum atomic E-state index is 14.6. The number of ether oxygens (including phenoxy) is 6. The van der Waals surface area contributed by atoms with Crippen LogP contribution in [0.5, 0.6) is 0 Å². The minimum absolute atomic E-state index is 0.0222. The summed E-state index contributed by atoms with van der Waals surface area (Å²) in [7, 11) is 6.88. The normalized spacial score (nSPS) is 38.7. The van der Waals surface area contributed by atoms with Gasteiger partial charge in [0, 0.05) is 65.1 Å². The van der Waals surface area contributed by atoms with E-state index in [1.807, 2.05) is 58.1 Å². The third-order valence-electron chi connectivity index (χ3n) is 17.1. The van der Waals surface area contributed by atoms with Crippen LogP contribution in [0.15, 0.2) is 47.6 Å². The van der Waals surface area contributed by atoms with Gasteiger partial charge in [-0.25, -0.2) is 4.79 Å². The molecule has 1 aliphatic carbocycles. The third-order valence-corrected chi connectivity index (χ3v) is 17.1. The molecule has 2 N–H and O–H groups in total. The predicted octanol–water partition coefficient (Wildman–Crippen LogP) is 7.94. The number of hydrogen-bond acceptors (Lipinski definition) is 14. The molecule has 0 spiro atoms. The molecule has 15 atom stereocenters. The molecule has 0 radical (unpaired) electrons. The van der Waals surface area contributed by atoms with Crippen molar-refractivity contribution in [2.24, 2.45) is 41.4 Å². The topological polar surface area (TPSA) is 188 Å². The lowest BCUT2D eigenvalue weighted by Crippen LogP contribution is -2.61. The highest BCUT2D eigenvalue weighted by Crippen LogP contribution is 2.38. The van der Waals surface area contributed by atoms with Crippen molar-refractivity contribution >= 4 is 29.2 Å². The van der Waals surface area contributed by atoms with Crippen LogP contribution < -0.4 is 0 Å². The van der Waals surface area contributed by atoms with Crippen molar-refractivity contribution in [1.82, 2.24) is 9.80 Å². The van der Waals surface area contributed by atoms with Crippen LogP contribution in [0.2, 0.25) is 0 Å². The van der Waals surface area contributed by atoms with Gasteiger partial charge in [0.05, 0.1) is 24.4 Å². The Morgan fingerprint density at radius 2 is 1.53 bits per heavy atom. The molecule has 4 fully saturated rings. The van der Waals surface area contributed by atoms with Crippen LogP contribution in [0.3, 0.4) is 0 Å². The number of amides is 1. The molecule has 15 nitrogen and oxygen atoms in total. The van der Waals surface area contributed by atoms with Crippen molar-refractivity contribution < 1.29 is 62.6 Å². The lowest BCUT2D eigenvalue weighted by molar-refractivity contribution is -0.265. The Hall–Kier alpha value is -3.41. The first-order valence-electron chi connectivity index (χ1n) is 28.0. The van der Waals surface area contributed by atoms with E-state index in [4.69, 9.17) is 28.4 Å². The molecule has 0 aromatic heterocycles. The van der Waals surface area contributed by atoms with Gasteiger partial charge in [-0.15, -0.1) is 0 Å². The molecule has 4 aliphatic heterocycles. The number of allylic oxidation sites excluding steroid dienone is 6. The van der Waals surface area contributed by atoms with Gasteiger partial charge in [-0.1, -0.05) is 71.1 Å². The molecule has 1 amide bonds. The quantitative estimate of drug-likeness (QED) is 0.122. The van der Waals surface area contributed by atoms with Crippen LogP contribution in [0.25, 0.3) is 0 Å². The second-order valence-electron chi connectivity index (χ2n) is 23.0. The lowest BCUT2D eigenvalue weighted by Gasteiger charge is -2.42. The highest BCUT2D eigenvalue weighted by atomic mass is 16.6. The van der Waals surface area contributed by atoms with Crippen molar-refractivity contribution in [2.75, 3.05) is 54.6 Å². The van der Waals surface area contributed by atoms with E-state index in [-0.39, 0.29) is 60.9 Å². The van der Waals surface area contributed by atoms with Gasteiger partial charge in [0.25, 0.3) is 11.7 Å². The minimum atomic E-state index is -2.42. The summed E-state index contributed by atoms with van der Waals surface area (Å²) in [5, 5.41) is 23.6. The van der Waals surface area contributed by atoms with E-state index in [9.17, 15) is 34.2 Å². The SMILES string of the molecule is CO[C@H]1C[C@@H]2CC[C@@H](C)[C@@](O)(O2)C(=O)C(=O)N2CCCC[C@H]2C(=O)O[C@H]([C@@H](C)C[C@@H]2CC[C@@H](OCCC3CCN(C)CC3)[C@H](OC)C2)CC(=O)[C@H](C)/C=C(\C)[C@@H](O)[C@@H](OC)C(=O)[C@H](C)C[C@H](C)/C=C/C=C/C=C/1C. The summed E-state index contributed by atoms with van der Waals surface area (Å²) in [4.78, 5) is 75.1. The largest absolute Gasteiger partial charge is 0.460 e. The summed E-state index contributed by atoms with van der Waals surface area (Å²) in [6.07, 6.45) is 16.3. The second kappa shape index (κ2) is 29.4.